The molecular formula is C22H20Cl2FeN4. The van der Waals surface area contributed by atoms with E-state index in [4.69, 9.17) is 30.3 Å². The number of aromatic nitrogens is 3. The maximum atomic E-state index is 4.79. The normalized spacial score (nSPS) is 11.0. The summed E-state index contributed by atoms with van der Waals surface area (Å²) in [4.78, 5) is 9.14. The average molecular weight is 467 g/mol. The van der Waals surface area contributed by atoms with Crippen molar-refractivity contribution in [1.29, 1.82) is 0 Å². The van der Waals surface area contributed by atoms with Gasteiger partial charge in [0.2, 0.25) is 0 Å². The standard InChI is InChI=1S/C22H20N4.2ClH.Fe/c1-16-8-7-9-17(2)22(16)24-14-20-19-11-3-4-12-21(19)26(25-20)15-18-10-5-6-13-23-18;;;/h3-14H,15H2,1-2H3;2*1H;/q;;;+2/p-2. The van der Waals surface area contributed by atoms with Crippen LogP contribution in [0, 0.1) is 13.8 Å². The molecule has 0 spiro atoms. The van der Waals surface area contributed by atoms with E-state index in [1.165, 1.54) is 11.1 Å². The van der Waals surface area contributed by atoms with Crippen LogP contribution in [0.3, 0.4) is 0 Å². The third-order valence-corrected chi connectivity index (χ3v) is 4.48. The van der Waals surface area contributed by atoms with Crippen LogP contribution in [0.2, 0.25) is 0 Å². The fourth-order valence-electron chi connectivity index (χ4n) is 3.15. The molecule has 2 aromatic heterocycles. The fraction of sp³-hybridized carbons (Fsp3) is 0.136. The molecule has 0 bridgehead atoms. The van der Waals surface area contributed by atoms with Crippen molar-refractivity contribution in [3.8, 4) is 0 Å². The Labute approximate surface area is 185 Å². The number of pyridine rings is 1. The first-order valence-corrected chi connectivity index (χ1v) is 12.0. The molecule has 0 saturated heterocycles. The molecule has 2 heterocycles. The third-order valence-electron chi connectivity index (χ3n) is 4.48. The van der Waals surface area contributed by atoms with Crippen molar-refractivity contribution in [2.24, 2.45) is 4.99 Å². The Morgan fingerprint density at radius 2 is 1.66 bits per heavy atom. The number of aliphatic imine (C=N–C) groups is 1. The average Bonchev–Trinajstić information content (AvgIpc) is 3.07. The van der Waals surface area contributed by atoms with Gasteiger partial charge in [-0.25, -0.2) is 0 Å². The van der Waals surface area contributed by atoms with E-state index in [1.54, 1.807) is 0 Å². The first-order chi connectivity index (χ1) is 14.1. The molecule has 4 rings (SSSR count). The number of hydrogen-bond acceptors (Lipinski definition) is 3. The Kier molecular flexibility index (Phi) is 7.84. The summed E-state index contributed by atoms with van der Waals surface area (Å²) in [5, 5.41) is 5.88. The summed E-state index contributed by atoms with van der Waals surface area (Å²) in [6.07, 6.45) is 3.68. The maximum absolute atomic E-state index is 4.79. The summed E-state index contributed by atoms with van der Waals surface area (Å²) in [5.74, 6) is 0. The number of rotatable bonds is 4. The van der Waals surface area contributed by atoms with Crippen molar-refractivity contribution in [3.05, 3.63) is 89.4 Å². The van der Waals surface area contributed by atoms with Crippen LogP contribution in [0.1, 0.15) is 22.5 Å². The molecule has 2 aromatic carbocycles. The van der Waals surface area contributed by atoms with E-state index in [-0.39, 0.29) is 13.1 Å². The summed E-state index contributed by atoms with van der Waals surface area (Å²) in [7, 11) is 9.53. The van der Waals surface area contributed by atoms with E-state index in [2.05, 4.69) is 49.2 Å². The van der Waals surface area contributed by atoms with Gasteiger partial charge in [-0.3, -0.25) is 14.7 Å². The summed E-state index contributed by atoms with van der Waals surface area (Å²) in [5.41, 5.74) is 6.28. The molecule has 4 aromatic rings. The predicted molar refractivity (Wildman–Crippen MR) is 118 cm³/mol. The Morgan fingerprint density at radius 3 is 2.34 bits per heavy atom. The van der Waals surface area contributed by atoms with Crippen LogP contribution in [0.25, 0.3) is 10.9 Å². The van der Waals surface area contributed by atoms with Gasteiger partial charge in [0, 0.05) is 11.6 Å². The van der Waals surface area contributed by atoms with Crippen molar-refractivity contribution < 1.29 is 13.1 Å². The molecule has 150 valence electrons. The Hall–Kier alpha value is -2.17. The Morgan fingerprint density at radius 1 is 0.966 bits per heavy atom. The monoisotopic (exact) mass is 466 g/mol. The van der Waals surface area contributed by atoms with Crippen molar-refractivity contribution in [2.45, 2.75) is 20.4 Å². The molecule has 0 unspecified atom stereocenters. The second kappa shape index (κ2) is 10.6. The zero-order valence-corrected chi connectivity index (χ0v) is 18.6. The van der Waals surface area contributed by atoms with Gasteiger partial charge in [0.15, 0.2) is 0 Å². The van der Waals surface area contributed by atoms with E-state index in [0.717, 1.165) is 28.0 Å². The second-order valence-electron chi connectivity index (χ2n) is 6.43. The molecular weight excluding hydrogens is 447 g/mol. The van der Waals surface area contributed by atoms with Crippen molar-refractivity contribution in [3.63, 3.8) is 0 Å². The summed E-state index contributed by atoms with van der Waals surface area (Å²) >= 11 is 0.194. The quantitative estimate of drug-likeness (QED) is 0.264. The van der Waals surface area contributed by atoms with Gasteiger partial charge in [-0.15, -0.1) is 0 Å². The molecule has 0 radical (unpaired) electrons. The predicted octanol–water partition coefficient (Wildman–Crippen LogP) is 6.22. The minimum atomic E-state index is 0.194. The molecule has 0 atom stereocenters. The number of nitrogens with zero attached hydrogens (tertiary/aromatic N) is 4. The van der Waals surface area contributed by atoms with E-state index in [0.29, 0.717) is 6.54 Å². The SMILES string of the molecule is Cc1cccc(C)c1N=Cc1nn(Cc2ccccn2)c2ccccc12.[Cl][Fe][Cl]. The van der Waals surface area contributed by atoms with E-state index in [9.17, 15) is 0 Å². The first kappa shape index (κ1) is 21.5. The summed E-state index contributed by atoms with van der Waals surface area (Å²) < 4.78 is 1.99. The van der Waals surface area contributed by atoms with Crippen molar-refractivity contribution in [2.75, 3.05) is 0 Å². The van der Waals surface area contributed by atoms with Gasteiger partial charge in [0.05, 0.1) is 29.7 Å². The van der Waals surface area contributed by atoms with Gasteiger partial charge >= 0.3 is 33.3 Å². The van der Waals surface area contributed by atoms with Crippen LogP contribution in [-0.2, 0) is 19.7 Å². The van der Waals surface area contributed by atoms with E-state index in [1.807, 2.05) is 47.4 Å². The van der Waals surface area contributed by atoms with Crippen LogP contribution in [0.4, 0.5) is 5.69 Å². The molecule has 7 heteroatoms. The van der Waals surface area contributed by atoms with E-state index < -0.39 is 0 Å². The fourth-order valence-corrected chi connectivity index (χ4v) is 3.15. The van der Waals surface area contributed by atoms with Gasteiger partial charge < -0.3 is 0 Å². The van der Waals surface area contributed by atoms with Crippen LogP contribution < -0.4 is 0 Å². The molecule has 0 aliphatic carbocycles. The second-order valence-corrected chi connectivity index (χ2v) is 8.25. The summed E-state index contributed by atoms with van der Waals surface area (Å²) in [6.45, 7) is 4.80. The van der Waals surface area contributed by atoms with Gasteiger partial charge in [0.25, 0.3) is 0 Å². The van der Waals surface area contributed by atoms with Gasteiger partial charge in [0.1, 0.15) is 5.69 Å². The first-order valence-electron chi connectivity index (χ1n) is 8.95. The van der Waals surface area contributed by atoms with Gasteiger partial charge in [-0.1, -0.05) is 42.5 Å². The molecule has 0 fully saturated rings. The number of para-hydroxylation sites is 2. The molecule has 29 heavy (non-hydrogen) atoms. The number of benzene rings is 2. The Bertz CT molecular complexity index is 1090. The molecule has 0 aliphatic rings. The van der Waals surface area contributed by atoms with Gasteiger partial charge in [-0.05, 0) is 43.2 Å². The molecule has 4 nitrogen and oxygen atoms in total. The topological polar surface area (TPSA) is 43.1 Å². The van der Waals surface area contributed by atoms with Crippen molar-refractivity contribution in [1.82, 2.24) is 14.8 Å². The van der Waals surface area contributed by atoms with Crippen molar-refractivity contribution >= 4 is 43.0 Å². The molecule has 0 saturated carbocycles. The number of fused-ring (bicyclic) bond motifs is 1. The van der Waals surface area contributed by atoms with Crippen LogP contribution in [0.15, 0.2) is 71.9 Å². The molecule has 0 N–H and O–H groups in total. The molecule has 0 amide bonds. The minimum absolute atomic E-state index is 0.194. The van der Waals surface area contributed by atoms with E-state index >= 15 is 0 Å². The Balaban J connectivity index is 0.000000755. The third kappa shape index (κ3) is 5.46. The number of aryl methyl sites for hydroxylation is 2. The molecule has 0 aliphatic heterocycles. The number of hydrogen-bond donors (Lipinski definition) is 0. The zero-order valence-electron chi connectivity index (χ0n) is 16.0. The van der Waals surface area contributed by atoms with Crippen LogP contribution in [-0.4, -0.2) is 21.0 Å². The summed E-state index contributed by atoms with van der Waals surface area (Å²) in [6, 6.07) is 20.4. The zero-order chi connectivity index (χ0) is 20.6. The van der Waals surface area contributed by atoms with Gasteiger partial charge in [-0.2, -0.15) is 5.10 Å². The van der Waals surface area contributed by atoms with Crippen LogP contribution >= 0.6 is 20.2 Å². The van der Waals surface area contributed by atoms with Crippen LogP contribution in [0.5, 0.6) is 0 Å². The number of halogens is 2.